The fourth-order valence-corrected chi connectivity index (χ4v) is 1.69. The van der Waals surface area contributed by atoms with Crippen molar-refractivity contribution >= 4 is 5.69 Å². The van der Waals surface area contributed by atoms with E-state index in [9.17, 15) is 8.78 Å². The second kappa shape index (κ2) is 5.60. The fourth-order valence-electron chi connectivity index (χ4n) is 1.69. The van der Waals surface area contributed by atoms with Crippen LogP contribution in [-0.4, -0.2) is 0 Å². The van der Waals surface area contributed by atoms with E-state index in [4.69, 9.17) is 5.73 Å². The monoisotopic (exact) mass is 248 g/mol. The standard InChI is InChI=1S/C14H14F2N2/c15-12-6-5-10(13(16)7-12)8-18-9-11-3-1-2-4-14(11)17/h1-7,18H,8-9,17H2. The van der Waals surface area contributed by atoms with Crippen LogP contribution in [0.5, 0.6) is 0 Å². The molecule has 0 fully saturated rings. The van der Waals surface area contributed by atoms with Crippen molar-refractivity contribution in [2.24, 2.45) is 0 Å². The van der Waals surface area contributed by atoms with Gasteiger partial charge in [-0.1, -0.05) is 24.3 Å². The second-order valence-corrected chi connectivity index (χ2v) is 4.04. The normalized spacial score (nSPS) is 10.6. The molecule has 2 aromatic carbocycles. The number of halogens is 2. The van der Waals surface area contributed by atoms with Crippen LogP contribution in [0.1, 0.15) is 11.1 Å². The smallest absolute Gasteiger partial charge is 0.130 e. The predicted octanol–water partition coefficient (Wildman–Crippen LogP) is 2.84. The summed E-state index contributed by atoms with van der Waals surface area (Å²) in [6.07, 6.45) is 0. The topological polar surface area (TPSA) is 38.0 Å². The summed E-state index contributed by atoms with van der Waals surface area (Å²) >= 11 is 0. The van der Waals surface area contributed by atoms with Gasteiger partial charge in [-0.05, 0) is 17.7 Å². The van der Waals surface area contributed by atoms with Gasteiger partial charge in [0.2, 0.25) is 0 Å². The first-order valence-corrected chi connectivity index (χ1v) is 5.65. The number of benzene rings is 2. The molecule has 0 aliphatic carbocycles. The second-order valence-electron chi connectivity index (χ2n) is 4.04. The van der Waals surface area contributed by atoms with E-state index in [0.29, 0.717) is 24.3 Å². The van der Waals surface area contributed by atoms with Crippen molar-refractivity contribution in [3.8, 4) is 0 Å². The van der Waals surface area contributed by atoms with Gasteiger partial charge in [-0.25, -0.2) is 8.78 Å². The molecule has 18 heavy (non-hydrogen) atoms. The summed E-state index contributed by atoms with van der Waals surface area (Å²) in [4.78, 5) is 0. The van der Waals surface area contributed by atoms with Crippen LogP contribution in [0.4, 0.5) is 14.5 Å². The van der Waals surface area contributed by atoms with Gasteiger partial charge in [-0.2, -0.15) is 0 Å². The van der Waals surface area contributed by atoms with Crippen LogP contribution in [0, 0.1) is 11.6 Å². The summed E-state index contributed by atoms with van der Waals surface area (Å²) in [7, 11) is 0. The Hall–Kier alpha value is -1.94. The van der Waals surface area contributed by atoms with E-state index in [0.717, 1.165) is 11.6 Å². The van der Waals surface area contributed by atoms with Crippen LogP contribution in [0.2, 0.25) is 0 Å². The Morgan fingerprint density at radius 1 is 0.944 bits per heavy atom. The zero-order valence-electron chi connectivity index (χ0n) is 9.79. The number of nitrogens with one attached hydrogen (secondary N) is 1. The lowest BCUT2D eigenvalue weighted by molar-refractivity contribution is 0.560. The molecule has 0 aliphatic rings. The van der Waals surface area contributed by atoms with Crippen LogP contribution < -0.4 is 11.1 Å². The van der Waals surface area contributed by atoms with E-state index in [1.54, 1.807) is 0 Å². The summed E-state index contributed by atoms with van der Waals surface area (Å²) in [5.74, 6) is -1.10. The number of anilines is 1. The van der Waals surface area contributed by atoms with E-state index in [1.807, 2.05) is 24.3 Å². The summed E-state index contributed by atoms with van der Waals surface area (Å²) in [5.41, 5.74) is 7.88. The number of hydrogen-bond acceptors (Lipinski definition) is 2. The molecule has 0 bridgehead atoms. The Morgan fingerprint density at radius 3 is 2.39 bits per heavy atom. The summed E-state index contributed by atoms with van der Waals surface area (Å²) in [6.45, 7) is 0.879. The van der Waals surface area contributed by atoms with Gasteiger partial charge < -0.3 is 11.1 Å². The van der Waals surface area contributed by atoms with Crippen LogP contribution in [-0.2, 0) is 13.1 Å². The highest BCUT2D eigenvalue weighted by atomic mass is 19.1. The molecule has 0 saturated carbocycles. The molecule has 0 unspecified atom stereocenters. The third-order valence-corrected chi connectivity index (χ3v) is 2.70. The first-order chi connectivity index (χ1) is 8.66. The Morgan fingerprint density at radius 2 is 1.67 bits per heavy atom. The lowest BCUT2D eigenvalue weighted by atomic mass is 10.1. The van der Waals surface area contributed by atoms with Gasteiger partial charge in [0.05, 0.1) is 0 Å². The molecule has 0 atom stereocenters. The average Bonchev–Trinajstić information content (AvgIpc) is 2.34. The quantitative estimate of drug-likeness (QED) is 0.816. The fraction of sp³-hybridized carbons (Fsp3) is 0.143. The maximum Gasteiger partial charge on any atom is 0.130 e. The minimum Gasteiger partial charge on any atom is -0.398 e. The molecule has 0 heterocycles. The van der Waals surface area contributed by atoms with Gasteiger partial charge in [0, 0.05) is 30.4 Å². The van der Waals surface area contributed by atoms with E-state index < -0.39 is 11.6 Å². The summed E-state index contributed by atoms with van der Waals surface area (Å²) in [5, 5.41) is 3.08. The van der Waals surface area contributed by atoms with Gasteiger partial charge >= 0.3 is 0 Å². The molecule has 3 N–H and O–H groups in total. The summed E-state index contributed by atoms with van der Waals surface area (Å²) in [6, 6.07) is 11.0. The molecular formula is C14H14F2N2. The highest BCUT2D eigenvalue weighted by Gasteiger charge is 2.03. The van der Waals surface area contributed by atoms with Crippen LogP contribution >= 0.6 is 0 Å². The molecule has 94 valence electrons. The van der Waals surface area contributed by atoms with Gasteiger partial charge in [0.25, 0.3) is 0 Å². The average molecular weight is 248 g/mol. The molecule has 0 aliphatic heterocycles. The predicted molar refractivity (Wildman–Crippen MR) is 67.8 cm³/mol. The van der Waals surface area contributed by atoms with E-state index in [-0.39, 0.29) is 0 Å². The van der Waals surface area contributed by atoms with Crippen LogP contribution in [0.15, 0.2) is 42.5 Å². The number of nitrogen functional groups attached to an aromatic ring is 1. The third kappa shape index (κ3) is 3.05. The van der Waals surface area contributed by atoms with E-state index in [2.05, 4.69) is 5.32 Å². The molecule has 0 spiro atoms. The maximum absolute atomic E-state index is 13.4. The molecule has 4 heteroatoms. The zero-order valence-corrected chi connectivity index (χ0v) is 9.79. The lowest BCUT2D eigenvalue weighted by Crippen LogP contribution is -2.14. The molecule has 2 nitrogen and oxygen atoms in total. The summed E-state index contributed by atoms with van der Waals surface area (Å²) < 4.78 is 26.1. The van der Waals surface area contributed by atoms with Crippen molar-refractivity contribution in [1.82, 2.24) is 5.32 Å². The number of rotatable bonds is 4. The molecule has 0 saturated heterocycles. The Balaban J connectivity index is 1.95. The van der Waals surface area contributed by atoms with Crippen molar-refractivity contribution in [2.45, 2.75) is 13.1 Å². The first-order valence-electron chi connectivity index (χ1n) is 5.65. The van der Waals surface area contributed by atoms with Crippen molar-refractivity contribution in [3.63, 3.8) is 0 Å². The Bertz CT molecular complexity index is 541. The molecule has 0 radical (unpaired) electrons. The van der Waals surface area contributed by atoms with Gasteiger partial charge in [0.1, 0.15) is 11.6 Å². The van der Waals surface area contributed by atoms with Crippen molar-refractivity contribution in [3.05, 3.63) is 65.2 Å². The largest absolute Gasteiger partial charge is 0.398 e. The number of nitrogens with two attached hydrogens (primary N) is 1. The van der Waals surface area contributed by atoms with E-state index in [1.165, 1.54) is 12.1 Å². The molecular weight excluding hydrogens is 234 g/mol. The van der Waals surface area contributed by atoms with E-state index >= 15 is 0 Å². The minimum absolute atomic E-state index is 0.334. The first kappa shape index (κ1) is 12.5. The zero-order chi connectivity index (χ0) is 13.0. The highest BCUT2D eigenvalue weighted by Crippen LogP contribution is 2.12. The molecule has 0 amide bonds. The van der Waals surface area contributed by atoms with Crippen molar-refractivity contribution < 1.29 is 8.78 Å². The van der Waals surface area contributed by atoms with Crippen molar-refractivity contribution in [2.75, 3.05) is 5.73 Å². The maximum atomic E-state index is 13.4. The SMILES string of the molecule is Nc1ccccc1CNCc1ccc(F)cc1F. The van der Waals surface area contributed by atoms with Gasteiger partial charge in [0.15, 0.2) is 0 Å². The van der Waals surface area contributed by atoms with Crippen LogP contribution in [0.25, 0.3) is 0 Å². The van der Waals surface area contributed by atoms with Gasteiger partial charge in [-0.15, -0.1) is 0 Å². The lowest BCUT2D eigenvalue weighted by Gasteiger charge is -2.08. The highest BCUT2D eigenvalue weighted by molar-refractivity contribution is 5.46. The van der Waals surface area contributed by atoms with Crippen molar-refractivity contribution in [1.29, 1.82) is 0 Å². The number of hydrogen-bond donors (Lipinski definition) is 2. The number of para-hydroxylation sites is 1. The minimum atomic E-state index is -0.566. The van der Waals surface area contributed by atoms with Gasteiger partial charge in [-0.3, -0.25) is 0 Å². The molecule has 2 rings (SSSR count). The van der Waals surface area contributed by atoms with Crippen LogP contribution in [0.3, 0.4) is 0 Å². The Labute approximate surface area is 104 Å². The Kier molecular flexibility index (Phi) is 3.89. The molecule has 0 aromatic heterocycles. The molecule has 2 aromatic rings. The third-order valence-electron chi connectivity index (χ3n) is 2.70.